The van der Waals surface area contributed by atoms with Crippen LogP contribution in [0, 0.1) is 0 Å². The number of nitrogens with zero attached hydrogens (tertiary/aromatic N) is 1. The van der Waals surface area contributed by atoms with Crippen LogP contribution < -0.4 is 0 Å². The molecule has 3 heteroatoms. The van der Waals surface area contributed by atoms with Gasteiger partial charge in [-0.05, 0) is 11.1 Å². The van der Waals surface area contributed by atoms with Crippen LogP contribution in [0.15, 0.2) is 60.7 Å². The first-order valence-electron chi connectivity index (χ1n) is 7.94. The van der Waals surface area contributed by atoms with Crippen molar-refractivity contribution >= 4 is 0 Å². The number of hydrogen-bond acceptors (Lipinski definition) is 3. The molecule has 0 radical (unpaired) electrons. The van der Waals surface area contributed by atoms with E-state index in [1.54, 1.807) is 0 Å². The molecule has 1 saturated heterocycles. The first-order valence-corrected chi connectivity index (χ1v) is 7.94. The van der Waals surface area contributed by atoms with Gasteiger partial charge in [0.05, 0.1) is 18.8 Å². The SMILES string of the molecule is O[C@]1(c2ccccc2)C[C@@]1(c1ccccc1)N1CCOCC1. The van der Waals surface area contributed by atoms with E-state index in [9.17, 15) is 5.11 Å². The maximum atomic E-state index is 11.4. The van der Waals surface area contributed by atoms with Gasteiger partial charge in [0.15, 0.2) is 0 Å². The molecule has 2 aromatic carbocycles. The van der Waals surface area contributed by atoms with E-state index in [0.717, 1.165) is 38.3 Å². The van der Waals surface area contributed by atoms with Gasteiger partial charge in [0.25, 0.3) is 0 Å². The van der Waals surface area contributed by atoms with Crippen LogP contribution in [0.25, 0.3) is 0 Å². The molecule has 0 spiro atoms. The van der Waals surface area contributed by atoms with Gasteiger partial charge in [-0.3, -0.25) is 4.90 Å². The van der Waals surface area contributed by atoms with E-state index in [0.29, 0.717) is 0 Å². The third-order valence-electron chi connectivity index (χ3n) is 5.12. The molecule has 1 heterocycles. The number of morpholine rings is 1. The van der Waals surface area contributed by atoms with Crippen molar-refractivity contribution in [2.75, 3.05) is 26.3 Å². The molecular weight excluding hydrogens is 274 g/mol. The Balaban J connectivity index is 1.79. The van der Waals surface area contributed by atoms with E-state index in [1.165, 1.54) is 5.56 Å². The van der Waals surface area contributed by atoms with Gasteiger partial charge in [0.1, 0.15) is 5.60 Å². The Kier molecular flexibility index (Phi) is 3.30. The summed E-state index contributed by atoms with van der Waals surface area (Å²) in [5.74, 6) is 0. The third kappa shape index (κ3) is 1.93. The molecule has 1 N–H and O–H groups in total. The molecule has 0 bridgehead atoms. The monoisotopic (exact) mass is 295 g/mol. The van der Waals surface area contributed by atoms with Gasteiger partial charge in [-0.1, -0.05) is 60.7 Å². The zero-order valence-electron chi connectivity index (χ0n) is 12.6. The van der Waals surface area contributed by atoms with Crippen molar-refractivity contribution in [3.8, 4) is 0 Å². The lowest BCUT2D eigenvalue weighted by Crippen LogP contribution is -2.47. The molecule has 22 heavy (non-hydrogen) atoms. The van der Waals surface area contributed by atoms with Crippen LogP contribution >= 0.6 is 0 Å². The fraction of sp³-hybridized carbons (Fsp3) is 0.368. The molecule has 1 aliphatic carbocycles. The highest BCUT2D eigenvalue weighted by Gasteiger charge is 2.71. The Morgan fingerprint density at radius 1 is 0.818 bits per heavy atom. The van der Waals surface area contributed by atoms with Crippen LogP contribution in [0.3, 0.4) is 0 Å². The molecule has 114 valence electrons. The average Bonchev–Trinajstić information content (AvgIpc) is 3.26. The van der Waals surface area contributed by atoms with Gasteiger partial charge in [0, 0.05) is 19.5 Å². The van der Waals surface area contributed by atoms with Gasteiger partial charge in [-0.2, -0.15) is 0 Å². The minimum atomic E-state index is -0.813. The third-order valence-corrected chi connectivity index (χ3v) is 5.12. The molecule has 4 rings (SSSR count). The smallest absolute Gasteiger partial charge is 0.114 e. The van der Waals surface area contributed by atoms with Crippen molar-refractivity contribution in [2.45, 2.75) is 17.6 Å². The van der Waals surface area contributed by atoms with Gasteiger partial charge < -0.3 is 9.84 Å². The fourth-order valence-electron chi connectivity index (χ4n) is 3.94. The van der Waals surface area contributed by atoms with Crippen molar-refractivity contribution < 1.29 is 9.84 Å². The second kappa shape index (κ2) is 5.20. The Morgan fingerprint density at radius 3 is 1.95 bits per heavy atom. The van der Waals surface area contributed by atoms with Gasteiger partial charge in [0.2, 0.25) is 0 Å². The largest absolute Gasteiger partial charge is 0.383 e. The molecule has 0 unspecified atom stereocenters. The Bertz CT molecular complexity index is 639. The Morgan fingerprint density at radius 2 is 1.36 bits per heavy atom. The minimum Gasteiger partial charge on any atom is -0.383 e. The second-order valence-electron chi connectivity index (χ2n) is 6.23. The number of ether oxygens (including phenoxy) is 1. The van der Waals surface area contributed by atoms with Gasteiger partial charge >= 0.3 is 0 Å². The van der Waals surface area contributed by atoms with Crippen LogP contribution in [0.2, 0.25) is 0 Å². The van der Waals surface area contributed by atoms with Crippen LogP contribution in [0.1, 0.15) is 17.5 Å². The van der Waals surface area contributed by atoms with Gasteiger partial charge in [-0.15, -0.1) is 0 Å². The molecule has 1 aliphatic heterocycles. The predicted molar refractivity (Wildman–Crippen MR) is 85.5 cm³/mol. The van der Waals surface area contributed by atoms with Crippen LogP contribution in [0.4, 0.5) is 0 Å². The summed E-state index contributed by atoms with van der Waals surface area (Å²) in [6.45, 7) is 3.20. The summed E-state index contributed by atoms with van der Waals surface area (Å²) in [4.78, 5) is 2.40. The van der Waals surface area contributed by atoms with Crippen LogP contribution in [-0.4, -0.2) is 36.3 Å². The van der Waals surface area contributed by atoms with Crippen LogP contribution in [-0.2, 0) is 15.9 Å². The summed E-state index contributed by atoms with van der Waals surface area (Å²) >= 11 is 0. The molecule has 0 amide bonds. The van der Waals surface area contributed by atoms with Crippen molar-refractivity contribution in [2.24, 2.45) is 0 Å². The highest BCUT2D eigenvalue weighted by Crippen LogP contribution is 2.65. The number of benzene rings is 2. The average molecular weight is 295 g/mol. The normalized spacial score (nSPS) is 31.9. The Hall–Kier alpha value is -1.68. The summed E-state index contributed by atoms with van der Waals surface area (Å²) in [7, 11) is 0. The lowest BCUT2D eigenvalue weighted by Gasteiger charge is -2.38. The lowest BCUT2D eigenvalue weighted by atomic mass is 9.94. The molecule has 0 aromatic heterocycles. The number of rotatable bonds is 3. The maximum absolute atomic E-state index is 11.4. The highest BCUT2D eigenvalue weighted by atomic mass is 16.5. The first kappa shape index (κ1) is 13.9. The van der Waals surface area contributed by atoms with Crippen molar-refractivity contribution in [1.82, 2.24) is 4.90 Å². The molecule has 3 nitrogen and oxygen atoms in total. The topological polar surface area (TPSA) is 32.7 Å². The molecule has 1 saturated carbocycles. The summed E-state index contributed by atoms with van der Waals surface area (Å²) in [6, 6.07) is 20.5. The van der Waals surface area contributed by atoms with E-state index in [4.69, 9.17) is 4.74 Å². The highest BCUT2D eigenvalue weighted by molar-refractivity contribution is 5.45. The van der Waals surface area contributed by atoms with Crippen molar-refractivity contribution in [3.05, 3.63) is 71.8 Å². The van der Waals surface area contributed by atoms with Gasteiger partial charge in [-0.25, -0.2) is 0 Å². The first-order chi connectivity index (χ1) is 10.8. The second-order valence-corrected chi connectivity index (χ2v) is 6.23. The number of hydrogen-bond donors (Lipinski definition) is 1. The van der Waals surface area contributed by atoms with Crippen LogP contribution in [0.5, 0.6) is 0 Å². The zero-order valence-corrected chi connectivity index (χ0v) is 12.6. The van der Waals surface area contributed by atoms with E-state index in [-0.39, 0.29) is 5.54 Å². The molecule has 2 fully saturated rings. The molecule has 2 aliphatic rings. The summed E-state index contributed by atoms with van der Waals surface area (Å²) in [5, 5.41) is 11.4. The number of aliphatic hydroxyl groups is 1. The van der Waals surface area contributed by atoms with Crippen molar-refractivity contribution in [3.63, 3.8) is 0 Å². The van der Waals surface area contributed by atoms with E-state index in [1.807, 2.05) is 36.4 Å². The fourth-order valence-corrected chi connectivity index (χ4v) is 3.94. The summed E-state index contributed by atoms with van der Waals surface area (Å²) < 4.78 is 5.51. The zero-order chi connectivity index (χ0) is 15.0. The summed E-state index contributed by atoms with van der Waals surface area (Å²) in [6.07, 6.45) is 0.744. The Labute approximate surface area is 131 Å². The molecular formula is C19H21NO2. The van der Waals surface area contributed by atoms with E-state index in [2.05, 4.69) is 29.2 Å². The lowest BCUT2D eigenvalue weighted by molar-refractivity contribution is -0.0255. The van der Waals surface area contributed by atoms with E-state index >= 15 is 0 Å². The van der Waals surface area contributed by atoms with Crippen molar-refractivity contribution in [1.29, 1.82) is 0 Å². The predicted octanol–water partition coefficient (Wildman–Crippen LogP) is 2.51. The van der Waals surface area contributed by atoms with E-state index < -0.39 is 5.60 Å². The maximum Gasteiger partial charge on any atom is 0.114 e. The standard InChI is InChI=1S/C19H21NO2/c21-19(17-9-5-2-6-10-17)15-18(19,16-7-3-1-4-8-16)20-11-13-22-14-12-20/h1-10,21H,11-15H2/t18-,19-/m0/s1. The molecule has 2 aromatic rings. The molecule has 2 atom stereocenters. The quantitative estimate of drug-likeness (QED) is 0.944. The minimum absolute atomic E-state index is 0.320. The summed E-state index contributed by atoms with van der Waals surface area (Å²) in [5.41, 5.74) is 1.07.